The number of aromatic amines is 2. The van der Waals surface area contributed by atoms with Crippen molar-refractivity contribution in [3.05, 3.63) is 78.1 Å². The number of carbonyl (C=O) groups excluding carboxylic acids is 3. The molecule has 1 atom stereocenters. The second-order valence-electron chi connectivity index (χ2n) is 13.9. The molecule has 1 fully saturated rings. The van der Waals surface area contributed by atoms with Gasteiger partial charge in [0.1, 0.15) is 17.5 Å². The Labute approximate surface area is 290 Å². The number of hydrogen-bond donors (Lipinski definition) is 5. The summed E-state index contributed by atoms with van der Waals surface area (Å²) >= 11 is 0. The summed E-state index contributed by atoms with van der Waals surface area (Å²) in [7, 11) is 0. The van der Waals surface area contributed by atoms with Gasteiger partial charge in [0, 0.05) is 30.1 Å². The van der Waals surface area contributed by atoms with Crippen molar-refractivity contribution in [3.63, 3.8) is 0 Å². The number of tetrazole rings is 1. The highest BCUT2D eigenvalue weighted by atomic mass is 16.6. The third-order valence-corrected chi connectivity index (χ3v) is 8.87. The number of carbonyl (C=O) groups is 3. The van der Waals surface area contributed by atoms with Crippen LogP contribution in [0.15, 0.2) is 66.7 Å². The van der Waals surface area contributed by atoms with Gasteiger partial charge in [0.15, 0.2) is 0 Å². The summed E-state index contributed by atoms with van der Waals surface area (Å²) in [5, 5.41) is 22.9. The number of anilines is 1. The molecule has 50 heavy (non-hydrogen) atoms. The first-order valence-corrected chi connectivity index (χ1v) is 17.0. The molecule has 13 heteroatoms. The van der Waals surface area contributed by atoms with Crippen LogP contribution >= 0.6 is 0 Å². The van der Waals surface area contributed by atoms with Gasteiger partial charge < -0.3 is 25.7 Å². The van der Waals surface area contributed by atoms with E-state index in [1.807, 2.05) is 64.1 Å². The van der Waals surface area contributed by atoms with Crippen LogP contribution in [0, 0.1) is 18.8 Å². The molecular formula is C37H43N9O4. The van der Waals surface area contributed by atoms with Crippen LogP contribution in [0.25, 0.3) is 33.5 Å². The zero-order chi connectivity index (χ0) is 35.3. The van der Waals surface area contributed by atoms with E-state index in [0.29, 0.717) is 37.3 Å². The zero-order valence-electron chi connectivity index (χ0n) is 28.7. The van der Waals surface area contributed by atoms with Gasteiger partial charge in [-0.05, 0) is 118 Å². The van der Waals surface area contributed by atoms with E-state index < -0.39 is 17.7 Å². The summed E-state index contributed by atoms with van der Waals surface area (Å²) < 4.78 is 5.35. The standard InChI is InChI=1S/C37H43N9O4/c1-22-39-30-18-15-28(20-31(30)40-22)25-9-5-23(6-10-25)19-32(35(48)41-29-16-13-26(14-17-29)33-43-45-46-44-33)42-34(47)27-11-7-24(8-12-27)21-38-36(49)50-37(2,3)4/h5-6,9-10,13-18,20,24,27,32H,7-8,11-12,19,21H2,1-4H3,(H,38,49)(H,39,40)(H,41,48)(H,42,47)(H,43,44,45,46). The smallest absolute Gasteiger partial charge is 0.407 e. The second kappa shape index (κ2) is 14.9. The molecule has 1 saturated carbocycles. The average Bonchev–Trinajstić information content (AvgIpc) is 3.76. The zero-order valence-corrected chi connectivity index (χ0v) is 28.7. The Hall–Kier alpha value is -5.59. The molecule has 5 aromatic rings. The molecule has 5 N–H and O–H groups in total. The number of hydrogen-bond acceptors (Lipinski definition) is 8. The Morgan fingerprint density at radius 1 is 0.920 bits per heavy atom. The summed E-state index contributed by atoms with van der Waals surface area (Å²) in [6, 6.07) is 20.5. The van der Waals surface area contributed by atoms with Gasteiger partial charge in [-0.15, -0.1) is 10.2 Å². The number of nitrogens with one attached hydrogen (secondary N) is 5. The fourth-order valence-electron chi connectivity index (χ4n) is 6.27. The molecule has 13 nitrogen and oxygen atoms in total. The van der Waals surface area contributed by atoms with Crippen LogP contribution in [-0.4, -0.2) is 66.7 Å². The van der Waals surface area contributed by atoms with Crippen LogP contribution in [0.5, 0.6) is 0 Å². The normalized spacial score (nSPS) is 16.8. The molecule has 3 aromatic carbocycles. The summed E-state index contributed by atoms with van der Waals surface area (Å²) in [5.41, 5.74) is 5.67. The van der Waals surface area contributed by atoms with E-state index >= 15 is 0 Å². The number of aryl methyl sites for hydroxylation is 1. The lowest BCUT2D eigenvalue weighted by atomic mass is 9.81. The minimum Gasteiger partial charge on any atom is -0.444 e. The van der Waals surface area contributed by atoms with E-state index in [2.05, 4.69) is 52.6 Å². The Morgan fingerprint density at radius 3 is 2.30 bits per heavy atom. The molecule has 260 valence electrons. The summed E-state index contributed by atoms with van der Waals surface area (Å²) in [5.74, 6) is 0.899. The first-order chi connectivity index (χ1) is 24.0. The number of alkyl carbamates (subject to hydrolysis) is 1. The maximum atomic E-state index is 13.7. The summed E-state index contributed by atoms with van der Waals surface area (Å²) in [4.78, 5) is 47.2. The molecule has 1 aliphatic carbocycles. The van der Waals surface area contributed by atoms with Crippen LogP contribution in [0.2, 0.25) is 0 Å². The number of rotatable bonds is 10. The number of fused-ring (bicyclic) bond motifs is 1. The van der Waals surface area contributed by atoms with E-state index in [0.717, 1.165) is 52.0 Å². The Bertz CT molecular complexity index is 1920. The number of ether oxygens (including phenoxy) is 1. The lowest BCUT2D eigenvalue weighted by molar-refractivity contribution is -0.130. The number of H-pyrrole nitrogens is 2. The number of imidazole rings is 1. The molecule has 0 aliphatic heterocycles. The van der Waals surface area contributed by atoms with Crippen molar-refractivity contribution in [1.29, 1.82) is 0 Å². The van der Waals surface area contributed by atoms with Crippen molar-refractivity contribution < 1.29 is 19.1 Å². The van der Waals surface area contributed by atoms with Crippen LogP contribution in [0.3, 0.4) is 0 Å². The van der Waals surface area contributed by atoms with Gasteiger partial charge in [-0.1, -0.05) is 30.3 Å². The molecule has 0 radical (unpaired) electrons. The quantitative estimate of drug-likeness (QED) is 0.125. The maximum absolute atomic E-state index is 13.7. The van der Waals surface area contributed by atoms with Crippen molar-refractivity contribution in [2.24, 2.45) is 11.8 Å². The predicted molar refractivity (Wildman–Crippen MR) is 190 cm³/mol. The monoisotopic (exact) mass is 677 g/mol. The molecule has 0 bridgehead atoms. The Kier molecular flexibility index (Phi) is 10.2. The van der Waals surface area contributed by atoms with Crippen molar-refractivity contribution in [2.75, 3.05) is 11.9 Å². The first-order valence-electron chi connectivity index (χ1n) is 17.0. The lowest BCUT2D eigenvalue weighted by Gasteiger charge is -2.29. The number of benzene rings is 3. The van der Waals surface area contributed by atoms with Crippen molar-refractivity contribution in [1.82, 2.24) is 41.2 Å². The second-order valence-corrected chi connectivity index (χ2v) is 13.9. The van der Waals surface area contributed by atoms with Gasteiger partial charge in [-0.25, -0.2) is 9.78 Å². The van der Waals surface area contributed by atoms with Gasteiger partial charge in [0.2, 0.25) is 17.6 Å². The number of amides is 3. The average molecular weight is 678 g/mol. The molecule has 2 aromatic heterocycles. The number of aromatic nitrogens is 6. The van der Waals surface area contributed by atoms with Crippen LogP contribution in [0.1, 0.15) is 57.8 Å². The van der Waals surface area contributed by atoms with E-state index in [9.17, 15) is 14.4 Å². The topological polar surface area (TPSA) is 180 Å². The van der Waals surface area contributed by atoms with Crippen LogP contribution in [-0.2, 0) is 20.7 Å². The molecule has 6 rings (SSSR count). The molecule has 0 spiro atoms. The van der Waals surface area contributed by atoms with Crippen molar-refractivity contribution in [2.45, 2.75) is 71.4 Å². The summed E-state index contributed by atoms with van der Waals surface area (Å²) in [6.45, 7) is 7.93. The highest BCUT2D eigenvalue weighted by Gasteiger charge is 2.30. The van der Waals surface area contributed by atoms with Crippen LogP contribution < -0.4 is 16.0 Å². The van der Waals surface area contributed by atoms with Gasteiger partial charge >= 0.3 is 6.09 Å². The predicted octanol–water partition coefficient (Wildman–Crippen LogP) is 5.72. The van der Waals surface area contributed by atoms with Gasteiger partial charge in [0.05, 0.1) is 11.0 Å². The van der Waals surface area contributed by atoms with E-state index in [1.165, 1.54) is 0 Å². The molecule has 2 heterocycles. The fourth-order valence-corrected chi connectivity index (χ4v) is 6.27. The highest BCUT2D eigenvalue weighted by Crippen LogP contribution is 2.29. The largest absolute Gasteiger partial charge is 0.444 e. The first kappa shape index (κ1) is 34.3. The van der Waals surface area contributed by atoms with Gasteiger partial charge in [0.25, 0.3) is 0 Å². The van der Waals surface area contributed by atoms with E-state index in [-0.39, 0.29) is 23.7 Å². The summed E-state index contributed by atoms with van der Waals surface area (Å²) in [6.07, 6.45) is 2.82. The van der Waals surface area contributed by atoms with Gasteiger partial charge in [-0.3, -0.25) is 9.59 Å². The molecule has 1 aliphatic rings. The van der Waals surface area contributed by atoms with E-state index in [1.54, 1.807) is 24.3 Å². The molecule has 1 unspecified atom stereocenters. The van der Waals surface area contributed by atoms with Crippen molar-refractivity contribution in [3.8, 4) is 22.5 Å². The SMILES string of the molecule is Cc1nc2ccc(-c3ccc(CC(NC(=O)C4CCC(CNC(=O)OC(C)(C)C)CC4)C(=O)Nc4ccc(-c5nn[nH]n5)cc4)cc3)cc2[nH]1. The minimum atomic E-state index is -0.805. The van der Waals surface area contributed by atoms with Gasteiger partial charge in [-0.2, -0.15) is 5.21 Å². The third-order valence-electron chi connectivity index (χ3n) is 8.87. The molecular weight excluding hydrogens is 634 g/mol. The Balaban J connectivity index is 1.11. The minimum absolute atomic E-state index is 0.143. The molecule has 0 saturated heterocycles. The van der Waals surface area contributed by atoms with Crippen molar-refractivity contribution >= 4 is 34.6 Å². The number of nitrogens with zero attached hydrogens (tertiary/aromatic N) is 4. The molecule has 3 amide bonds. The Morgan fingerprint density at radius 2 is 1.62 bits per heavy atom. The third kappa shape index (κ3) is 8.90. The van der Waals surface area contributed by atoms with Crippen LogP contribution in [0.4, 0.5) is 10.5 Å². The fraction of sp³-hybridized carbons (Fsp3) is 0.378. The highest BCUT2D eigenvalue weighted by molar-refractivity contribution is 5.97. The maximum Gasteiger partial charge on any atom is 0.407 e. The van der Waals surface area contributed by atoms with E-state index in [4.69, 9.17) is 4.74 Å². The lowest BCUT2D eigenvalue weighted by Crippen LogP contribution is -2.48.